The zero-order valence-electron chi connectivity index (χ0n) is 12.2. The summed E-state index contributed by atoms with van der Waals surface area (Å²) in [6, 6.07) is 7.66. The van der Waals surface area contributed by atoms with Crippen LogP contribution >= 0.6 is 0 Å². The molecule has 1 aromatic rings. The van der Waals surface area contributed by atoms with Gasteiger partial charge in [0.1, 0.15) is 5.82 Å². The zero-order valence-corrected chi connectivity index (χ0v) is 12.2. The smallest absolute Gasteiger partial charge is 0.127 e. The van der Waals surface area contributed by atoms with Crippen molar-refractivity contribution >= 4 is 0 Å². The Morgan fingerprint density at radius 3 is 2.70 bits per heavy atom. The summed E-state index contributed by atoms with van der Waals surface area (Å²) in [5.41, 5.74) is 0.745. The van der Waals surface area contributed by atoms with E-state index >= 15 is 0 Å². The molecule has 0 amide bonds. The summed E-state index contributed by atoms with van der Waals surface area (Å²) in [4.78, 5) is 2.32. The molecule has 1 atom stereocenters. The lowest BCUT2D eigenvalue weighted by molar-refractivity contribution is 0.182. The summed E-state index contributed by atoms with van der Waals surface area (Å²) >= 11 is 0. The molecule has 0 spiro atoms. The summed E-state index contributed by atoms with van der Waals surface area (Å²) in [6.07, 6.45) is 3.32. The Morgan fingerprint density at radius 2 is 2.10 bits per heavy atom. The third kappa shape index (κ3) is 4.27. The summed E-state index contributed by atoms with van der Waals surface area (Å²) < 4.78 is 13.9. The van der Waals surface area contributed by atoms with E-state index in [9.17, 15) is 4.39 Å². The number of halogens is 1. The molecule has 0 saturated heterocycles. The lowest BCUT2D eigenvalue weighted by Gasteiger charge is -2.25. The zero-order chi connectivity index (χ0) is 14.4. The molecule has 1 fully saturated rings. The van der Waals surface area contributed by atoms with E-state index in [2.05, 4.69) is 10.2 Å². The van der Waals surface area contributed by atoms with Gasteiger partial charge in [-0.3, -0.25) is 4.90 Å². The monoisotopic (exact) mass is 280 g/mol. The van der Waals surface area contributed by atoms with Crippen molar-refractivity contribution in [3.05, 3.63) is 35.6 Å². The minimum Gasteiger partial charge on any atom is -0.395 e. The Kier molecular flexibility index (Phi) is 5.95. The fourth-order valence-electron chi connectivity index (χ4n) is 2.71. The van der Waals surface area contributed by atoms with Crippen LogP contribution in [0.15, 0.2) is 24.3 Å². The van der Waals surface area contributed by atoms with Crippen LogP contribution in [0.25, 0.3) is 0 Å². The highest BCUT2D eigenvalue weighted by atomic mass is 19.1. The van der Waals surface area contributed by atoms with Gasteiger partial charge in [-0.15, -0.1) is 0 Å². The van der Waals surface area contributed by atoms with Crippen LogP contribution in [0.3, 0.4) is 0 Å². The topological polar surface area (TPSA) is 35.5 Å². The van der Waals surface area contributed by atoms with Crippen molar-refractivity contribution in [2.24, 2.45) is 0 Å². The molecule has 1 unspecified atom stereocenters. The maximum absolute atomic E-state index is 13.9. The quantitative estimate of drug-likeness (QED) is 0.729. The molecule has 20 heavy (non-hydrogen) atoms. The molecule has 1 aromatic carbocycles. The summed E-state index contributed by atoms with van der Waals surface area (Å²) in [5, 5.41) is 12.5. The van der Waals surface area contributed by atoms with Gasteiger partial charge in [0, 0.05) is 30.7 Å². The fourth-order valence-corrected chi connectivity index (χ4v) is 2.71. The first-order chi connectivity index (χ1) is 9.76. The van der Waals surface area contributed by atoms with Crippen molar-refractivity contribution in [1.82, 2.24) is 10.2 Å². The molecule has 1 aliphatic carbocycles. The van der Waals surface area contributed by atoms with Crippen molar-refractivity contribution in [2.45, 2.75) is 38.3 Å². The molecule has 0 bridgehead atoms. The number of nitrogens with zero attached hydrogens (tertiary/aromatic N) is 1. The summed E-state index contributed by atoms with van der Waals surface area (Å²) in [5.74, 6) is -0.140. The first-order valence-electron chi connectivity index (χ1n) is 7.59. The van der Waals surface area contributed by atoms with Crippen LogP contribution in [0.1, 0.15) is 37.8 Å². The van der Waals surface area contributed by atoms with Crippen LogP contribution < -0.4 is 5.32 Å². The van der Waals surface area contributed by atoms with E-state index in [0.29, 0.717) is 6.04 Å². The molecule has 0 aromatic heterocycles. The Bertz CT molecular complexity index is 409. The van der Waals surface area contributed by atoms with E-state index in [1.807, 2.05) is 19.1 Å². The van der Waals surface area contributed by atoms with E-state index in [1.165, 1.54) is 18.9 Å². The molecule has 2 N–H and O–H groups in total. The number of hydrogen-bond donors (Lipinski definition) is 2. The lowest BCUT2D eigenvalue weighted by Crippen LogP contribution is -2.33. The Morgan fingerprint density at radius 1 is 1.35 bits per heavy atom. The molecule has 112 valence electrons. The van der Waals surface area contributed by atoms with E-state index in [4.69, 9.17) is 5.11 Å². The average Bonchev–Trinajstić information content (AvgIpc) is 3.27. The summed E-state index contributed by atoms with van der Waals surface area (Å²) in [7, 11) is 0. The predicted octanol–water partition coefficient (Wildman–Crippen LogP) is 2.32. The molecule has 1 saturated carbocycles. The van der Waals surface area contributed by atoms with Gasteiger partial charge in [0.25, 0.3) is 0 Å². The highest BCUT2D eigenvalue weighted by Crippen LogP contribution is 2.28. The van der Waals surface area contributed by atoms with Crippen LogP contribution in [0.4, 0.5) is 4.39 Å². The number of aliphatic hydroxyl groups excluding tert-OH is 1. The first kappa shape index (κ1) is 15.4. The maximum Gasteiger partial charge on any atom is 0.127 e. The van der Waals surface area contributed by atoms with Gasteiger partial charge in [-0.05, 0) is 31.9 Å². The van der Waals surface area contributed by atoms with Gasteiger partial charge >= 0.3 is 0 Å². The molecule has 1 aliphatic rings. The number of hydrogen-bond acceptors (Lipinski definition) is 3. The van der Waals surface area contributed by atoms with Gasteiger partial charge in [-0.1, -0.05) is 25.1 Å². The second kappa shape index (κ2) is 7.72. The van der Waals surface area contributed by atoms with Crippen LogP contribution in [-0.4, -0.2) is 42.3 Å². The Hall–Kier alpha value is -0.970. The van der Waals surface area contributed by atoms with Crippen LogP contribution in [-0.2, 0) is 0 Å². The van der Waals surface area contributed by atoms with Crippen molar-refractivity contribution in [1.29, 1.82) is 0 Å². The summed E-state index contributed by atoms with van der Waals surface area (Å²) in [6.45, 7) is 4.68. The molecular weight excluding hydrogens is 255 g/mol. The highest BCUT2D eigenvalue weighted by Gasteiger charge is 2.29. The average molecular weight is 280 g/mol. The van der Waals surface area contributed by atoms with Gasteiger partial charge < -0.3 is 10.4 Å². The van der Waals surface area contributed by atoms with Gasteiger partial charge in [-0.25, -0.2) is 4.39 Å². The Balaban J connectivity index is 1.96. The highest BCUT2D eigenvalue weighted by molar-refractivity contribution is 5.21. The van der Waals surface area contributed by atoms with Crippen LogP contribution in [0.5, 0.6) is 0 Å². The predicted molar refractivity (Wildman–Crippen MR) is 79.1 cm³/mol. The van der Waals surface area contributed by atoms with E-state index in [1.54, 1.807) is 6.07 Å². The van der Waals surface area contributed by atoms with Gasteiger partial charge in [0.15, 0.2) is 0 Å². The molecule has 0 radical (unpaired) electrons. The molecular formula is C16H25FN2O. The molecule has 4 heteroatoms. The van der Waals surface area contributed by atoms with Gasteiger partial charge in [0.2, 0.25) is 0 Å². The van der Waals surface area contributed by atoms with Crippen molar-refractivity contribution < 1.29 is 9.50 Å². The number of nitrogens with one attached hydrogen (secondary N) is 1. The normalized spacial score (nSPS) is 16.6. The third-order valence-corrected chi connectivity index (χ3v) is 3.89. The third-order valence-electron chi connectivity index (χ3n) is 3.89. The van der Waals surface area contributed by atoms with Crippen LogP contribution in [0.2, 0.25) is 0 Å². The van der Waals surface area contributed by atoms with Crippen LogP contribution in [0, 0.1) is 5.82 Å². The number of aliphatic hydroxyl groups is 1. The van der Waals surface area contributed by atoms with E-state index in [0.717, 1.165) is 31.6 Å². The fraction of sp³-hybridized carbons (Fsp3) is 0.625. The second-order valence-corrected chi connectivity index (χ2v) is 5.41. The number of benzene rings is 1. The largest absolute Gasteiger partial charge is 0.395 e. The van der Waals surface area contributed by atoms with Crippen molar-refractivity contribution in [3.63, 3.8) is 0 Å². The van der Waals surface area contributed by atoms with Crippen molar-refractivity contribution in [3.8, 4) is 0 Å². The molecule has 0 aliphatic heterocycles. The van der Waals surface area contributed by atoms with Gasteiger partial charge in [-0.2, -0.15) is 0 Å². The van der Waals surface area contributed by atoms with E-state index < -0.39 is 0 Å². The van der Waals surface area contributed by atoms with E-state index in [-0.39, 0.29) is 18.5 Å². The first-order valence-corrected chi connectivity index (χ1v) is 7.59. The second-order valence-electron chi connectivity index (χ2n) is 5.41. The SMILES string of the molecule is CCNC(CCN(CCO)C1CC1)c1ccccc1F. The maximum atomic E-state index is 13.9. The minimum absolute atomic E-state index is 0.0427. The lowest BCUT2D eigenvalue weighted by atomic mass is 10.0. The molecule has 3 nitrogen and oxygen atoms in total. The van der Waals surface area contributed by atoms with Crippen molar-refractivity contribution in [2.75, 3.05) is 26.2 Å². The van der Waals surface area contributed by atoms with Gasteiger partial charge in [0.05, 0.1) is 6.61 Å². The molecule has 0 heterocycles. The minimum atomic E-state index is -0.140. The molecule has 2 rings (SSSR count). The Labute approximate surface area is 120 Å². The number of rotatable bonds is 9. The standard InChI is InChI=1S/C16H25FN2O/c1-2-18-16(14-5-3-4-6-15(14)17)9-10-19(11-12-20)13-7-8-13/h3-6,13,16,18,20H,2,7-12H2,1H3.